The number of nitrogens with zero attached hydrogens (tertiary/aromatic N) is 3. The highest BCUT2D eigenvalue weighted by Crippen LogP contribution is 2.32. The lowest BCUT2D eigenvalue weighted by molar-refractivity contribution is 0.468. The van der Waals surface area contributed by atoms with Crippen LogP contribution in [0.5, 0.6) is 11.6 Å². The summed E-state index contributed by atoms with van der Waals surface area (Å²) in [7, 11) is 0. The zero-order chi connectivity index (χ0) is 17.5. The lowest BCUT2D eigenvalue weighted by Crippen LogP contribution is -1.94. The molecule has 0 unspecified atom stereocenters. The highest BCUT2D eigenvalue weighted by atomic mass is 16.5. The number of hydrogen-bond acceptors (Lipinski definition) is 4. The van der Waals surface area contributed by atoms with Crippen LogP contribution in [0.25, 0.3) is 27.9 Å². The number of ether oxygens (including phenoxy) is 1. The summed E-state index contributed by atoms with van der Waals surface area (Å²) in [5.41, 5.74) is 5.03. The number of furan rings is 1. The first kappa shape index (κ1) is 14.7. The quantitative estimate of drug-likeness (QED) is 0.450. The van der Waals surface area contributed by atoms with Crippen molar-refractivity contribution in [1.82, 2.24) is 14.4 Å². The first-order valence-electron chi connectivity index (χ1n) is 8.33. The van der Waals surface area contributed by atoms with E-state index in [0.717, 1.165) is 39.2 Å². The maximum absolute atomic E-state index is 6.00. The third-order valence-electron chi connectivity index (χ3n) is 4.46. The maximum Gasteiger partial charge on any atom is 0.230 e. The SMILES string of the molecule is Cc1cc(Oc2nccc3occc23)ccc1-c1cccc2nccn12. The van der Waals surface area contributed by atoms with Crippen LogP contribution in [0.2, 0.25) is 0 Å². The largest absolute Gasteiger partial charge is 0.464 e. The predicted molar refractivity (Wildman–Crippen MR) is 99.4 cm³/mol. The summed E-state index contributed by atoms with van der Waals surface area (Å²) in [5, 5.41) is 0.859. The van der Waals surface area contributed by atoms with Gasteiger partial charge in [-0.25, -0.2) is 9.97 Å². The Kier molecular flexibility index (Phi) is 3.25. The molecule has 5 rings (SSSR count). The van der Waals surface area contributed by atoms with Gasteiger partial charge >= 0.3 is 0 Å². The molecule has 0 fully saturated rings. The predicted octanol–water partition coefficient (Wildman–Crippen LogP) is 5.24. The van der Waals surface area contributed by atoms with Gasteiger partial charge in [0.1, 0.15) is 17.0 Å². The van der Waals surface area contributed by atoms with Crippen molar-refractivity contribution in [3.8, 4) is 22.9 Å². The van der Waals surface area contributed by atoms with Crippen molar-refractivity contribution < 1.29 is 9.15 Å². The topological polar surface area (TPSA) is 52.6 Å². The number of imidazole rings is 1. The molecule has 0 aliphatic carbocycles. The van der Waals surface area contributed by atoms with E-state index in [2.05, 4.69) is 33.4 Å². The average Bonchev–Trinajstić information content (AvgIpc) is 3.31. The van der Waals surface area contributed by atoms with Crippen LogP contribution in [-0.4, -0.2) is 14.4 Å². The summed E-state index contributed by atoms with van der Waals surface area (Å²) in [6, 6.07) is 15.8. The Morgan fingerprint density at radius 1 is 1.00 bits per heavy atom. The Balaban J connectivity index is 1.54. The molecule has 0 saturated heterocycles. The molecule has 0 aliphatic heterocycles. The number of benzene rings is 1. The van der Waals surface area contributed by atoms with Gasteiger partial charge in [0.15, 0.2) is 0 Å². The van der Waals surface area contributed by atoms with Crippen LogP contribution in [0.1, 0.15) is 5.56 Å². The lowest BCUT2D eigenvalue weighted by atomic mass is 10.0. The summed E-state index contributed by atoms with van der Waals surface area (Å²) in [6.07, 6.45) is 7.10. The van der Waals surface area contributed by atoms with Crippen LogP contribution in [0.15, 0.2) is 77.8 Å². The van der Waals surface area contributed by atoms with Gasteiger partial charge in [-0.05, 0) is 55.0 Å². The molecule has 5 heteroatoms. The van der Waals surface area contributed by atoms with Crippen LogP contribution in [0.4, 0.5) is 0 Å². The second-order valence-electron chi connectivity index (χ2n) is 6.09. The summed E-state index contributed by atoms with van der Waals surface area (Å²) in [4.78, 5) is 8.68. The second kappa shape index (κ2) is 5.74. The van der Waals surface area contributed by atoms with Crippen molar-refractivity contribution >= 4 is 16.6 Å². The van der Waals surface area contributed by atoms with E-state index in [0.29, 0.717) is 5.88 Å². The summed E-state index contributed by atoms with van der Waals surface area (Å²) in [5.74, 6) is 1.28. The van der Waals surface area contributed by atoms with Crippen LogP contribution in [0, 0.1) is 6.92 Å². The van der Waals surface area contributed by atoms with Gasteiger partial charge in [0.25, 0.3) is 0 Å². The fourth-order valence-corrected chi connectivity index (χ4v) is 3.22. The van der Waals surface area contributed by atoms with Gasteiger partial charge in [-0.2, -0.15) is 0 Å². The zero-order valence-corrected chi connectivity index (χ0v) is 14.1. The maximum atomic E-state index is 6.00. The fraction of sp³-hybridized carbons (Fsp3) is 0.0476. The number of hydrogen-bond donors (Lipinski definition) is 0. The monoisotopic (exact) mass is 341 g/mol. The molecular formula is C21H15N3O2. The van der Waals surface area contributed by atoms with Crippen LogP contribution >= 0.6 is 0 Å². The van der Waals surface area contributed by atoms with Crippen LogP contribution < -0.4 is 4.74 Å². The van der Waals surface area contributed by atoms with Crippen molar-refractivity contribution in [1.29, 1.82) is 0 Å². The molecule has 0 amide bonds. The molecule has 5 aromatic rings. The smallest absolute Gasteiger partial charge is 0.230 e. The Hall–Kier alpha value is -3.60. The molecule has 0 bridgehead atoms. The number of aromatic nitrogens is 3. The Morgan fingerprint density at radius 2 is 1.96 bits per heavy atom. The standard InChI is InChI=1S/C21H15N3O2/c1-14-13-15(26-21-17-8-12-25-19(17)7-9-23-21)5-6-16(14)18-3-2-4-20-22-10-11-24(18)20/h2-13H,1H3. The minimum atomic E-state index is 0.542. The molecule has 4 aromatic heterocycles. The van der Waals surface area contributed by atoms with Crippen molar-refractivity contribution in [2.75, 3.05) is 0 Å². The molecule has 0 N–H and O–H groups in total. The van der Waals surface area contributed by atoms with E-state index < -0.39 is 0 Å². The molecule has 0 saturated carbocycles. The molecule has 0 radical (unpaired) electrons. The Bertz CT molecular complexity index is 1240. The van der Waals surface area contributed by atoms with Crippen LogP contribution in [0.3, 0.4) is 0 Å². The van der Waals surface area contributed by atoms with Crippen molar-refractivity contribution in [2.24, 2.45) is 0 Å². The Labute approximate surface area is 149 Å². The van der Waals surface area contributed by atoms with E-state index in [1.165, 1.54) is 0 Å². The minimum absolute atomic E-state index is 0.542. The molecule has 1 aromatic carbocycles. The Morgan fingerprint density at radius 3 is 2.88 bits per heavy atom. The highest BCUT2D eigenvalue weighted by molar-refractivity contribution is 5.82. The van der Waals surface area contributed by atoms with Gasteiger partial charge in [0.2, 0.25) is 5.88 Å². The first-order chi connectivity index (χ1) is 12.8. The fourth-order valence-electron chi connectivity index (χ4n) is 3.22. The van der Waals surface area contributed by atoms with Gasteiger partial charge in [0.05, 0.1) is 17.3 Å². The van der Waals surface area contributed by atoms with E-state index >= 15 is 0 Å². The average molecular weight is 341 g/mol. The summed E-state index contributed by atoms with van der Waals surface area (Å²) < 4.78 is 13.5. The molecule has 0 aliphatic rings. The van der Waals surface area contributed by atoms with Crippen molar-refractivity contribution in [2.45, 2.75) is 6.92 Å². The molecule has 26 heavy (non-hydrogen) atoms. The summed E-state index contributed by atoms with van der Waals surface area (Å²) >= 11 is 0. The minimum Gasteiger partial charge on any atom is -0.464 e. The number of aryl methyl sites for hydroxylation is 1. The number of fused-ring (bicyclic) bond motifs is 2. The number of rotatable bonds is 3. The first-order valence-corrected chi connectivity index (χ1v) is 8.33. The molecule has 5 nitrogen and oxygen atoms in total. The molecular weight excluding hydrogens is 326 g/mol. The molecule has 126 valence electrons. The normalized spacial score (nSPS) is 11.3. The van der Waals surface area contributed by atoms with E-state index in [9.17, 15) is 0 Å². The lowest BCUT2D eigenvalue weighted by Gasteiger charge is -2.11. The van der Waals surface area contributed by atoms with E-state index in [-0.39, 0.29) is 0 Å². The highest BCUT2D eigenvalue weighted by Gasteiger charge is 2.10. The van der Waals surface area contributed by atoms with E-state index in [1.807, 2.05) is 48.8 Å². The van der Waals surface area contributed by atoms with E-state index in [4.69, 9.17) is 9.15 Å². The van der Waals surface area contributed by atoms with Gasteiger partial charge < -0.3 is 9.15 Å². The van der Waals surface area contributed by atoms with Gasteiger partial charge in [-0.1, -0.05) is 6.07 Å². The van der Waals surface area contributed by atoms with Crippen molar-refractivity contribution in [3.63, 3.8) is 0 Å². The third kappa shape index (κ3) is 2.33. The third-order valence-corrected chi connectivity index (χ3v) is 4.46. The number of pyridine rings is 2. The van der Waals surface area contributed by atoms with Gasteiger partial charge in [-0.3, -0.25) is 4.40 Å². The molecule has 0 atom stereocenters. The zero-order valence-electron chi connectivity index (χ0n) is 14.1. The van der Waals surface area contributed by atoms with Crippen LogP contribution in [-0.2, 0) is 0 Å². The van der Waals surface area contributed by atoms with Crippen molar-refractivity contribution in [3.05, 3.63) is 78.9 Å². The van der Waals surface area contributed by atoms with E-state index in [1.54, 1.807) is 12.5 Å². The second-order valence-corrected chi connectivity index (χ2v) is 6.09. The molecule has 4 heterocycles. The molecule has 0 spiro atoms. The van der Waals surface area contributed by atoms with Gasteiger partial charge in [-0.15, -0.1) is 0 Å². The summed E-state index contributed by atoms with van der Waals surface area (Å²) in [6.45, 7) is 2.07. The van der Waals surface area contributed by atoms with Gasteiger partial charge in [0, 0.05) is 24.2 Å².